The average molecular weight is 314 g/mol. The van der Waals surface area contributed by atoms with Gasteiger partial charge in [-0.25, -0.2) is 4.98 Å². The zero-order chi connectivity index (χ0) is 15.8. The topological polar surface area (TPSA) is 48.5 Å². The van der Waals surface area contributed by atoms with Crippen LogP contribution < -0.4 is 10.2 Å². The molecule has 0 radical (unpaired) electrons. The molecule has 1 aliphatic heterocycles. The SMILES string of the molecule is CN1CCN(c2ccc(NC(=O)C3CC4CCC3C4)cn2)CC1. The van der Waals surface area contributed by atoms with Crippen molar-refractivity contribution >= 4 is 17.4 Å². The minimum atomic E-state index is 0.200. The quantitative estimate of drug-likeness (QED) is 0.929. The number of anilines is 2. The minimum absolute atomic E-state index is 0.200. The lowest BCUT2D eigenvalue weighted by Crippen LogP contribution is -2.44. The van der Waals surface area contributed by atoms with Gasteiger partial charge in [0, 0.05) is 32.1 Å². The van der Waals surface area contributed by atoms with Crippen LogP contribution in [0.3, 0.4) is 0 Å². The fourth-order valence-corrected chi connectivity index (χ4v) is 4.48. The summed E-state index contributed by atoms with van der Waals surface area (Å²) in [4.78, 5) is 21.7. The summed E-state index contributed by atoms with van der Waals surface area (Å²) in [5, 5.41) is 3.08. The predicted molar refractivity (Wildman–Crippen MR) is 91.5 cm³/mol. The lowest BCUT2D eigenvalue weighted by atomic mass is 9.88. The van der Waals surface area contributed by atoms with Gasteiger partial charge in [0.05, 0.1) is 11.9 Å². The second-order valence-corrected chi connectivity index (χ2v) is 7.47. The van der Waals surface area contributed by atoms with Gasteiger partial charge in [-0.3, -0.25) is 4.79 Å². The van der Waals surface area contributed by atoms with Crippen molar-refractivity contribution in [3.63, 3.8) is 0 Å². The molecule has 2 bridgehead atoms. The molecule has 1 aromatic heterocycles. The molecule has 124 valence electrons. The number of pyridine rings is 1. The molecule has 4 rings (SSSR count). The monoisotopic (exact) mass is 314 g/mol. The van der Waals surface area contributed by atoms with Crippen molar-refractivity contribution < 1.29 is 4.79 Å². The number of hydrogen-bond acceptors (Lipinski definition) is 4. The van der Waals surface area contributed by atoms with Gasteiger partial charge < -0.3 is 15.1 Å². The molecule has 5 heteroatoms. The van der Waals surface area contributed by atoms with Crippen LogP contribution in [0.15, 0.2) is 18.3 Å². The molecule has 2 heterocycles. The van der Waals surface area contributed by atoms with Gasteiger partial charge in [0.1, 0.15) is 5.82 Å². The molecular weight excluding hydrogens is 288 g/mol. The number of carbonyl (C=O) groups is 1. The van der Waals surface area contributed by atoms with E-state index in [1.165, 1.54) is 19.3 Å². The lowest BCUT2D eigenvalue weighted by molar-refractivity contribution is -0.121. The second kappa shape index (κ2) is 6.11. The zero-order valence-electron chi connectivity index (χ0n) is 13.9. The number of carbonyl (C=O) groups excluding carboxylic acids is 1. The first-order valence-corrected chi connectivity index (χ1v) is 8.89. The zero-order valence-corrected chi connectivity index (χ0v) is 13.9. The van der Waals surface area contributed by atoms with Crippen LogP contribution in [0.25, 0.3) is 0 Å². The molecule has 1 aromatic rings. The molecule has 3 fully saturated rings. The first-order valence-electron chi connectivity index (χ1n) is 8.89. The Kier molecular flexibility index (Phi) is 3.97. The third kappa shape index (κ3) is 3.07. The van der Waals surface area contributed by atoms with Gasteiger partial charge in [-0.15, -0.1) is 0 Å². The summed E-state index contributed by atoms with van der Waals surface area (Å²) in [6.07, 6.45) is 6.72. The van der Waals surface area contributed by atoms with Crippen LogP contribution in [0.5, 0.6) is 0 Å². The van der Waals surface area contributed by atoms with Gasteiger partial charge in [-0.2, -0.15) is 0 Å². The number of rotatable bonds is 3. The fraction of sp³-hybridized carbons (Fsp3) is 0.667. The van der Waals surface area contributed by atoms with E-state index in [2.05, 4.69) is 27.1 Å². The first-order chi connectivity index (χ1) is 11.2. The van der Waals surface area contributed by atoms with Gasteiger partial charge in [-0.1, -0.05) is 6.42 Å². The molecule has 2 aliphatic carbocycles. The molecule has 1 N–H and O–H groups in total. The Hall–Kier alpha value is -1.62. The summed E-state index contributed by atoms with van der Waals surface area (Å²) in [5.41, 5.74) is 0.829. The molecule has 0 spiro atoms. The Morgan fingerprint density at radius 2 is 2.00 bits per heavy atom. The highest BCUT2D eigenvalue weighted by Gasteiger charge is 2.43. The highest BCUT2D eigenvalue weighted by molar-refractivity contribution is 5.93. The molecule has 3 atom stereocenters. The Labute approximate surface area is 138 Å². The number of piperazine rings is 1. The molecule has 1 saturated heterocycles. The van der Waals surface area contributed by atoms with Crippen LogP contribution in [-0.2, 0) is 4.79 Å². The molecule has 23 heavy (non-hydrogen) atoms. The molecule has 0 aromatic carbocycles. The van der Waals surface area contributed by atoms with Crippen LogP contribution in [0, 0.1) is 17.8 Å². The number of aromatic nitrogens is 1. The number of amides is 1. The summed E-state index contributed by atoms with van der Waals surface area (Å²) in [5.74, 6) is 2.86. The standard InChI is InChI=1S/C18H26N4O/c1-21-6-8-22(9-7-21)17-5-4-15(12-19-17)20-18(23)16-11-13-2-3-14(16)10-13/h4-5,12-14,16H,2-3,6-11H2,1H3,(H,20,23). The van der Waals surface area contributed by atoms with Gasteiger partial charge in [0.2, 0.25) is 5.91 Å². The van der Waals surface area contributed by atoms with E-state index >= 15 is 0 Å². The maximum atomic E-state index is 12.5. The van der Waals surface area contributed by atoms with Gasteiger partial charge in [0.25, 0.3) is 0 Å². The van der Waals surface area contributed by atoms with Crippen molar-refractivity contribution in [1.29, 1.82) is 0 Å². The fourth-order valence-electron chi connectivity index (χ4n) is 4.48. The molecule has 5 nitrogen and oxygen atoms in total. The van der Waals surface area contributed by atoms with Crippen LogP contribution in [-0.4, -0.2) is 49.0 Å². The predicted octanol–water partition coefficient (Wildman–Crippen LogP) is 2.21. The van der Waals surface area contributed by atoms with Crippen molar-refractivity contribution in [3.05, 3.63) is 18.3 Å². The molecule has 3 aliphatic rings. The van der Waals surface area contributed by atoms with Crippen LogP contribution in [0.4, 0.5) is 11.5 Å². The van der Waals surface area contributed by atoms with Crippen molar-refractivity contribution in [2.75, 3.05) is 43.4 Å². The molecule has 1 amide bonds. The van der Waals surface area contributed by atoms with Crippen LogP contribution in [0.2, 0.25) is 0 Å². The van der Waals surface area contributed by atoms with Crippen molar-refractivity contribution in [3.8, 4) is 0 Å². The van der Waals surface area contributed by atoms with E-state index in [0.717, 1.165) is 50.0 Å². The minimum Gasteiger partial charge on any atom is -0.354 e. The summed E-state index contributed by atoms with van der Waals surface area (Å²) in [6.45, 7) is 4.18. The largest absolute Gasteiger partial charge is 0.354 e. The number of hydrogen-bond donors (Lipinski definition) is 1. The summed E-state index contributed by atoms with van der Waals surface area (Å²) < 4.78 is 0. The maximum absolute atomic E-state index is 12.5. The van der Waals surface area contributed by atoms with Crippen molar-refractivity contribution in [2.45, 2.75) is 25.7 Å². The normalized spacial score (nSPS) is 30.7. The van der Waals surface area contributed by atoms with E-state index < -0.39 is 0 Å². The third-order valence-corrected chi connectivity index (χ3v) is 5.92. The molecule has 2 saturated carbocycles. The number of fused-ring (bicyclic) bond motifs is 2. The van der Waals surface area contributed by atoms with E-state index in [9.17, 15) is 4.79 Å². The Bertz CT molecular complexity index is 565. The van der Waals surface area contributed by atoms with Gasteiger partial charge in [-0.05, 0) is 50.3 Å². The van der Waals surface area contributed by atoms with Crippen molar-refractivity contribution in [2.24, 2.45) is 17.8 Å². The number of likely N-dealkylation sites (N-methyl/N-ethyl adjacent to an activating group) is 1. The number of nitrogens with zero attached hydrogens (tertiary/aromatic N) is 3. The maximum Gasteiger partial charge on any atom is 0.227 e. The Morgan fingerprint density at radius 3 is 2.61 bits per heavy atom. The number of nitrogens with one attached hydrogen (secondary N) is 1. The van der Waals surface area contributed by atoms with Crippen LogP contribution in [0.1, 0.15) is 25.7 Å². The highest BCUT2D eigenvalue weighted by Crippen LogP contribution is 2.48. The Balaban J connectivity index is 1.36. The lowest BCUT2D eigenvalue weighted by Gasteiger charge is -2.33. The van der Waals surface area contributed by atoms with E-state index in [-0.39, 0.29) is 11.8 Å². The Morgan fingerprint density at radius 1 is 1.17 bits per heavy atom. The summed E-state index contributed by atoms with van der Waals surface area (Å²) in [7, 11) is 2.15. The van der Waals surface area contributed by atoms with Crippen LogP contribution >= 0.6 is 0 Å². The molecule has 3 unspecified atom stereocenters. The van der Waals surface area contributed by atoms with E-state index in [4.69, 9.17) is 0 Å². The highest BCUT2D eigenvalue weighted by atomic mass is 16.1. The van der Waals surface area contributed by atoms with E-state index in [1.807, 2.05) is 12.1 Å². The van der Waals surface area contributed by atoms with Gasteiger partial charge in [0.15, 0.2) is 0 Å². The second-order valence-electron chi connectivity index (χ2n) is 7.47. The van der Waals surface area contributed by atoms with E-state index in [0.29, 0.717) is 5.92 Å². The summed E-state index contributed by atoms with van der Waals surface area (Å²) >= 11 is 0. The summed E-state index contributed by atoms with van der Waals surface area (Å²) in [6, 6.07) is 4.02. The average Bonchev–Trinajstić information content (AvgIpc) is 3.19. The smallest absolute Gasteiger partial charge is 0.227 e. The van der Waals surface area contributed by atoms with Gasteiger partial charge >= 0.3 is 0 Å². The first kappa shape index (κ1) is 14.9. The van der Waals surface area contributed by atoms with E-state index in [1.54, 1.807) is 6.20 Å². The third-order valence-electron chi connectivity index (χ3n) is 5.92. The van der Waals surface area contributed by atoms with Crippen molar-refractivity contribution in [1.82, 2.24) is 9.88 Å². The molecular formula is C18H26N4O.